The van der Waals surface area contributed by atoms with Crippen LogP contribution in [0.4, 0.5) is 0 Å². The first-order chi connectivity index (χ1) is 9.20. The summed E-state index contributed by atoms with van der Waals surface area (Å²) < 4.78 is 0. The molecule has 0 aliphatic heterocycles. The summed E-state index contributed by atoms with van der Waals surface area (Å²) in [6, 6.07) is 11.1. The molecule has 1 aromatic heterocycles. The van der Waals surface area contributed by atoms with Gasteiger partial charge in [0.25, 0.3) is 0 Å². The molecule has 3 aromatic rings. The van der Waals surface area contributed by atoms with Gasteiger partial charge in [0.15, 0.2) is 6.29 Å². The van der Waals surface area contributed by atoms with E-state index >= 15 is 0 Å². The number of carbonyl (C=O) groups is 1. The van der Waals surface area contributed by atoms with Gasteiger partial charge in [0.1, 0.15) is 0 Å². The predicted octanol–water partition coefficient (Wildman–Crippen LogP) is 4.95. The van der Waals surface area contributed by atoms with Crippen molar-refractivity contribution in [2.45, 2.75) is 0 Å². The van der Waals surface area contributed by atoms with E-state index in [0.29, 0.717) is 15.6 Å². The number of nitrogens with one attached hydrogen (secondary N) is 1. The van der Waals surface area contributed by atoms with Gasteiger partial charge in [0.2, 0.25) is 0 Å². The van der Waals surface area contributed by atoms with E-state index in [1.165, 1.54) is 0 Å². The number of hydrogen-bond acceptors (Lipinski definition) is 1. The summed E-state index contributed by atoms with van der Waals surface area (Å²) in [4.78, 5) is 14.2. The van der Waals surface area contributed by atoms with Gasteiger partial charge in [-0.25, -0.2) is 0 Å². The third-order valence-corrected chi connectivity index (χ3v) is 3.63. The van der Waals surface area contributed by atoms with Gasteiger partial charge < -0.3 is 4.98 Å². The molecule has 3 rings (SSSR count). The first-order valence-corrected chi connectivity index (χ1v) is 6.47. The fourth-order valence-corrected chi connectivity index (χ4v) is 2.75. The highest BCUT2D eigenvalue weighted by Crippen LogP contribution is 2.35. The summed E-state index contributed by atoms with van der Waals surface area (Å²) in [5.74, 6) is 0. The van der Waals surface area contributed by atoms with E-state index in [4.69, 9.17) is 23.2 Å². The first-order valence-electron chi connectivity index (χ1n) is 5.71. The van der Waals surface area contributed by atoms with Crippen molar-refractivity contribution in [3.05, 3.63) is 58.2 Å². The molecule has 0 bridgehead atoms. The Balaban J connectivity index is 2.35. The normalized spacial score (nSPS) is 10.8. The van der Waals surface area contributed by atoms with E-state index in [-0.39, 0.29) is 0 Å². The molecule has 0 aliphatic carbocycles. The summed E-state index contributed by atoms with van der Waals surface area (Å²) in [7, 11) is 0. The molecule has 4 heteroatoms. The number of benzene rings is 2. The van der Waals surface area contributed by atoms with Crippen molar-refractivity contribution in [3.8, 4) is 11.1 Å². The number of hydrogen-bond donors (Lipinski definition) is 1. The van der Waals surface area contributed by atoms with Crippen molar-refractivity contribution in [2.75, 3.05) is 0 Å². The fourth-order valence-electron chi connectivity index (χ4n) is 2.24. The van der Waals surface area contributed by atoms with E-state index < -0.39 is 0 Å². The Labute approximate surface area is 120 Å². The molecule has 0 amide bonds. The molecule has 1 heterocycles. The fraction of sp³-hybridized carbons (Fsp3) is 0. The van der Waals surface area contributed by atoms with Gasteiger partial charge in [0.05, 0.1) is 0 Å². The van der Waals surface area contributed by atoms with Crippen LogP contribution in [-0.4, -0.2) is 11.3 Å². The first kappa shape index (κ1) is 12.3. The van der Waals surface area contributed by atoms with E-state index in [9.17, 15) is 4.79 Å². The lowest BCUT2D eigenvalue weighted by Crippen LogP contribution is -1.84. The molecule has 94 valence electrons. The predicted molar refractivity (Wildman–Crippen MR) is 79.1 cm³/mol. The molecule has 1 N–H and O–H groups in total. The van der Waals surface area contributed by atoms with Crippen LogP contribution in [0.1, 0.15) is 10.4 Å². The van der Waals surface area contributed by atoms with Crippen molar-refractivity contribution in [2.24, 2.45) is 0 Å². The standard InChI is InChI=1S/C15H9Cl2NO/c16-10-4-5-11(13(17)6-10)12-2-1-3-14-15(12)9(8-19)7-18-14/h1-8,18H. The lowest BCUT2D eigenvalue weighted by molar-refractivity contribution is 0.112. The van der Waals surface area contributed by atoms with Crippen LogP contribution in [0.2, 0.25) is 10.0 Å². The minimum atomic E-state index is 0.568. The SMILES string of the molecule is O=Cc1c[nH]c2cccc(-c3ccc(Cl)cc3Cl)c12. The van der Waals surface area contributed by atoms with Gasteiger partial charge in [0, 0.05) is 38.3 Å². The van der Waals surface area contributed by atoms with Crippen LogP contribution in [0.25, 0.3) is 22.0 Å². The molecule has 0 saturated heterocycles. The molecule has 0 saturated carbocycles. The molecule has 2 aromatic carbocycles. The smallest absolute Gasteiger partial charge is 0.152 e. The van der Waals surface area contributed by atoms with Crippen LogP contribution in [0, 0.1) is 0 Å². The van der Waals surface area contributed by atoms with Crippen LogP contribution in [-0.2, 0) is 0 Å². The minimum Gasteiger partial charge on any atom is -0.360 e. The number of aromatic amines is 1. The molecular formula is C15H9Cl2NO. The van der Waals surface area contributed by atoms with Crippen molar-refractivity contribution in [3.63, 3.8) is 0 Å². The van der Waals surface area contributed by atoms with Crippen LogP contribution in [0.3, 0.4) is 0 Å². The summed E-state index contributed by atoms with van der Waals surface area (Å²) >= 11 is 12.2. The molecular weight excluding hydrogens is 281 g/mol. The maximum Gasteiger partial charge on any atom is 0.152 e. The van der Waals surface area contributed by atoms with Crippen LogP contribution in [0.15, 0.2) is 42.6 Å². The summed E-state index contributed by atoms with van der Waals surface area (Å²) in [6.45, 7) is 0. The highest BCUT2D eigenvalue weighted by molar-refractivity contribution is 6.36. The second-order valence-corrected chi connectivity index (χ2v) is 5.06. The quantitative estimate of drug-likeness (QED) is 0.665. The zero-order valence-corrected chi connectivity index (χ0v) is 11.3. The number of aldehydes is 1. The van der Waals surface area contributed by atoms with E-state index in [2.05, 4.69) is 4.98 Å². The number of aromatic nitrogens is 1. The molecule has 2 nitrogen and oxygen atoms in total. The van der Waals surface area contributed by atoms with Gasteiger partial charge in [-0.1, -0.05) is 41.4 Å². The van der Waals surface area contributed by atoms with Crippen molar-refractivity contribution >= 4 is 40.4 Å². The number of H-pyrrole nitrogens is 1. The third kappa shape index (κ3) is 2.03. The van der Waals surface area contributed by atoms with Crippen LogP contribution in [0.5, 0.6) is 0 Å². The number of carbonyl (C=O) groups excluding carboxylic acids is 1. The molecule has 19 heavy (non-hydrogen) atoms. The van der Waals surface area contributed by atoms with Crippen molar-refractivity contribution < 1.29 is 4.79 Å². The Morgan fingerprint density at radius 1 is 1.05 bits per heavy atom. The Bertz CT molecular complexity index is 777. The topological polar surface area (TPSA) is 32.9 Å². The van der Waals surface area contributed by atoms with E-state index in [0.717, 1.165) is 28.3 Å². The number of fused-ring (bicyclic) bond motifs is 1. The van der Waals surface area contributed by atoms with Crippen molar-refractivity contribution in [1.82, 2.24) is 4.98 Å². The van der Waals surface area contributed by atoms with E-state index in [1.54, 1.807) is 18.3 Å². The second-order valence-electron chi connectivity index (χ2n) is 4.21. The maximum atomic E-state index is 11.1. The zero-order valence-electron chi connectivity index (χ0n) is 9.78. The number of rotatable bonds is 2. The molecule has 0 atom stereocenters. The maximum absolute atomic E-state index is 11.1. The van der Waals surface area contributed by atoms with Gasteiger partial charge >= 0.3 is 0 Å². The molecule has 0 fully saturated rings. The average molecular weight is 290 g/mol. The van der Waals surface area contributed by atoms with Crippen LogP contribution >= 0.6 is 23.2 Å². The highest BCUT2D eigenvalue weighted by Gasteiger charge is 2.12. The molecule has 0 unspecified atom stereocenters. The van der Waals surface area contributed by atoms with Gasteiger partial charge in [-0.15, -0.1) is 0 Å². The lowest BCUT2D eigenvalue weighted by atomic mass is 9.99. The molecule has 0 aliphatic rings. The second kappa shape index (κ2) is 4.72. The Morgan fingerprint density at radius 3 is 2.63 bits per heavy atom. The van der Waals surface area contributed by atoms with Gasteiger partial charge in [-0.3, -0.25) is 4.79 Å². The molecule has 0 spiro atoms. The van der Waals surface area contributed by atoms with Gasteiger partial charge in [-0.05, 0) is 23.8 Å². The number of halogens is 2. The summed E-state index contributed by atoms with van der Waals surface area (Å²) in [5.41, 5.74) is 3.31. The minimum absolute atomic E-state index is 0.568. The largest absolute Gasteiger partial charge is 0.360 e. The van der Waals surface area contributed by atoms with Gasteiger partial charge in [-0.2, -0.15) is 0 Å². The monoisotopic (exact) mass is 289 g/mol. The zero-order chi connectivity index (χ0) is 13.4. The Kier molecular flexibility index (Phi) is 3.05. The lowest BCUT2D eigenvalue weighted by Gasteiger charge is -2.07. The van der Waals surface area contributed by atoms with Crippen molar-refractivity contribution in [1.29, 1.82) is 0 Å². The summed E-state index contributed by atoms with van der Waals surface area (Å²) in [5, 5.41) is 2.03. The van der Waals surface area contributed by atoms with E-state index in [1.807, 2.05) is 24.3 Å². The summed E-state index contributed by atoms with van der Waals surface area (Å²) in [6.07, 6.45) is 2.54. The Hall–Kier alpha value is -1.77. The molecule has 0 radical (unpaired) electrons. The average Bonchev–Trinajstić information content (AvgIpc) is 2.82. The van der Waals surface area contributed by atoms with Crippen LogP contribution < -0.4 is 0 Å². The Morgan fingerprint density at radius 2 is 1.89 bits per heavy atom. The third-order valence-electron chi connectivity index (χ3n) is 3.08. The highest BCUT2D eigenvalue weighted by atomic mass is 35.5.